The van der Waals surface area contributed by atoms with Crippen LogP contribution in [0.3, 0.4) is 0 Å². The van der Waals surface area contributed by atoms with Gasteiger partial charge < -0.3 is 10.2 Å². The van der Waals surface area contributed by atoms with E-state index in [1.165, 1.54) is 0 Å². The Hall–Kier alpha value is -1.65. The molecule has 0 aliphatic heterocycles. The zero-order valence-electron chi connectivity index (χ0n) is 7.59. The summed E-state index contributed by atoms with van der Waals surface area (Å²) < 4.78 is 28.7. The van der Waals surface area contributed by atoms with E-state index in [1.54, 1.807) is 0 Å². The fourth-order valence-corrected chi connectivity index (χ4v) is 0. The Labute approximate surface area is 110 Å². The third kappa shape index (κ3) is 464. The molecule has 0 amide bonds. The number of isocyanates is 2. The van der Waals surface area contributed by atoms with E-state index >= 15 is 0 Å². The third-order valence-electron chi connectivity index (χ3n) is 0.183. The molecule has 0 saturated heterocycles. The van der Waals surface area contributed by atoms with Crippen LogP contribution in [0.2, 0.25) is 0 Å². The van der Waals surface area contributed by atoms with Gasteiger partial charge in [0.05, 0.1) is 0 Å². The molecule has 0 heterocycles. The Morgan fingerprint density at radius 3 is 1.06 bits per heavy atom. The summed E-state index contributed by atoms with van der Waals surface area (Å²) in [6.07, 6.45) is 1.50. The average molecular weight is 286 g/mol. The van der Waals surface area contributed by atoms with Gasteiger partial charge in [0.2, 0.25) is 12.2 Å². The molecule has 0 aromatic heterocycles. The van der Waals surface area contributed by atoms with E-state index in [0.717, 1.165) is 12.2 Å². The van der Waals surface area contributed by atoms with Crippen LogP contribution in [0.4, 0.5) is 8.39 Å². The van der Waals surface area contributed by atoms with Crippen molar-refractivity contribution in [1.82, 2.24) is 0 Å². The van der Waals surface area contributed by atoms with Gasteiger partial charge >= 0.3 is 38.8 Å². The Morgan fingerprint density at radius 1 is 1.00 bits per heavy atom. The zero-order valence-corrected chi connectivity index (χ0v) is 8.48. The Kier molecular flexibility index (Phi) is 34.4. The van der Waals surface area contributed by atoms with Gasteiger partial charge in [-0.15, -0.1) is 8.39 Å². The molecule has 14 heteroatoms. The van der Waals surface area contributed by atoms with Gasteiger partial charge in [-0.25, -0.2) is 34.6 Å². The first kappa shape index (κ1) is 29.9. The summed E-state index contributed by atoms with van der Waals surface area (Å²) in [6.45, 7) is 0. The van der Waals surface area contributed by atoms with E-state index in [2.05, 4.69) is 0 Å². The summed E-state index contributed by atoms with van der Waals surface area (Å²) in [4.78, 5) is 41.6. The molecular formula is C4H6F2LiN2O8P. The molecule has 0 radical (unpaired) electrons. The molecular weight excluding hydrogens is 280 g/mol. The first-order valence-corrected chi connectivity index (χ1v) is 4.18. The van der Waals surface area contributed by atoms with Crippen LogP contribution < -0.4 is 0 Å². The van der Waals surface area contributed by atoms with Gasteiger partial charge in [0.1, 0.15) is 0 Å². The summed E-state index contributed by atoms with van der Waals surface area (Å²) in [5.41, 5.74) is 0. The van der Waals surface area contributed by atoms with E-state index in [-0.39, 0.29) is 18.9 Å². The number of hydrogen-bond acceptors (Lipinski definition) is 7. The molecule has 0 aromatic rings. The fourth-order valence-electron chi connectivity index (χ4n) is 0. The van der Waals surface area contributed by atoms with Crippen molar-refractivity contribution in [2.24, 2.45) is 0 Å². The first-order chi connectivity index (χ1) is 7.47. The van der Waals surface area contributed by atoms with E-state index < -0.39 is 19.9 Å². The number of carbonyl (C=O) groups excluding carboxylic acids is 2. The number of halogens is 2. The monoisotopic (exact) mass is 286 g/mol. The van der Waals surface area contributed by atoms with Crippen LogP contribution in [0.1, 0.15) is 0 Å². The molecule has 0 spiro atoms. The van der Waals surface area contributed by atoms with Crippen molar-refractivity contribution in [3.8, 4) is 0 Å². The summed E-state index contributed by atoms with van der Waals surface area (Å²) >= 11 is 0. The van der Waals surface area contributed by atoms with Crippen LogP contribution in [0.25, 0.3) is 0 Å². The van der Waals surface area contributed by atoms with Crippen molar-refractivity contribution in [2.45, 2.75) is 0 Å². The van der Waals surface area contributed by atoms with E-state index in [0.29, 0.717) is 0 Å². The molecule has 0 rings (SSSR count). The third-order valence-corrected chi connectivity index (χ3v) is 0.183. The fraction of sp³-hybridized carbons (Fsp3) is 0. The quantitative estimate of drug-likeness (QED) is 0.127. The minimum absolute atomic E-state index is 0. The molecule has 18 heavy (non-hydrogen) atoms. The van der Waals surface area contributed by atoms with Crippen molar-refractivity contribution in [1.29, 1.82) is 10.8 Å². The second-order valence-electron chi connectivity index (χ2n) is 1.25. The molecule has 5 N–H and O–H groups in total. The molecule has 0 aliphatic carbocycles. The maximum atomic E-state index is 10.1. The standard InChI is InChI=1S/C2H2O4.2CHNO.F2HO2P.Li.H/c3-1(4)2(5)6;2*2-1-3;1-5(2,3)4;;/h(H,3,4)(H,5,6);2*2H;(H,3,4);;. The maximum absolute atomic E-state index is 10.1. The van der Waals surface area contributed by atoms with Crippen molar-refractivity contribution in [2.75, 3.05) is 0 Å². The molecule has 100 valence electrons. The number of carboxylic acid groups (broad SMARTS) is 2. The van der Waals surface area contributed by atoms with Crippen molar-refractivity contribution in [3.05, 3.63) is 0 Å². The van der Waals surface area contributed by atoms with Gasteiger partial charge in [-0.3, -0.25) is 4.89 Å². The average Bonchev–Trinajstić information content (AvgIpc) is 2.03. The summed E-state index contributed by atoms with van der Waals surface area (Å²) in [5.74, 6) is -3.65. The number of nitrogens with one attached hydrogen (secondary N) is 2. The minimum atomic E-state index is -5.64. The zero-order chi connectivity index (χ0) is 15.1. The van der Waals surface area contributed by atoms with Crippen LogP contribution >= 0.6 is 7.99 Å². The number of hydrogen-bond donors (Lipinski definition) is 5. The van der Waals surface area contributed by atoms with Crippen LogP contribution in [0.5, 0.6) is 0 Å². The number of carboxylic acids is 2. The topological polar surface area (TPSA) is 194 Å². The van der Waals surface area contributed by atoms with Crippen LogP contribution in [0.15, 0.2) is 0 Å². The van der Waals surface area contributed by atoms with Crippen LogP contribution in [-0.2, 0) is 23.7 Å². The first-order valence-electron chi connectivity index (χ1n) is 2.73. The van der Waals surface area contributed by atoms with Gasteiger partial charge in [-0.05, 0) is 0 Å². The molecule has 0 aliphatic rings. The van der Waals surface area contributed by atoms with E-state index in [4.69, 9.17) is 49.7 Å². The Balaban J connectivity index is -0.0000000429. The number of carbonyl (C=O) groups is 2. The predicted molar refractivity (Wildman–Crippen MR) is 51.3 cm³/mol. The van der Waals surface area contributed by atoms with Crippen LogP contribution in [0, 0.1) is 10.8 Å². The van der Waals surface area contributed by atoms with E-state index in [1.807, 2.05) is 0 Å². The molecule has 0 fully saturated rings. The molecule has 0 saturated carbocycles. The normalized spacial score (nSPS) is 6.61. The SMILES string of the molecule is N=C=O.N=C=O.O=C(O)C(=O)O.O=P(O)(F)F.[LiH]. The van der Waals surface area contributed by atoms with Gasteiger partial charge in [0.25, 0.3) is 0 Å². The van der Waals surface area contributed by atoms with Crippen molar-refractivity contribution >= 4 is 50.9 Å². The summed E-state index contributed by atoms with van der Waals surface area (Å²) in [5, 5.41) is 25.6. The second-order valence-corrected chi connectivity index (χ2v) is 2.12. The molecule has 0 unspecified atom stereocenters. The molecule has 0 atom stereocenters. The summed E-state index contributed by atoms with van der Waals surface area (Å²) in [7, 11) is -5.64. The van der Waals surface area contributed by atoms with Crippen molar-refractivity contribution in [3.63, 3.8) is 0 Å². The molecule has 0 aromatic carbocycles. The second kappa shape index (κ2) is 20.7. The molecule has 0 bridgehead atoms. The Morgan fingerprint density at radius 2 is 1.06 bits per heavy atom. The molecule has 10 nitrogen and oxygen atoms in total. The number of rotatable bonds is 0. The van der Waals surface area contributed by atoms with Gasteiger partial charge in [-0.2, -0.15) is 0 Å². The number of aliphatic carboxylic acids is 2. The predicted octanol–water partition coefficient (Wildman–Crippen LogP) is -0.665. The van der Waals surface area contributed by atoms with Gasteiger partial charge in [0, 0.05) is 0 Å². The Bertz CT molecular complexity index is 313. The van der Waals surface area contributed by atoms with Crippen LogP contribution in [-0.4, -0.2) is 58.1 Å². The van der Waals surface area contributed by atoms with Gasteiger partial charge in [0.15, 0.2) is 0 Å². The summed E-state index contributed by atoms with van der Waals surface area (Å²) in [6, 6.07) is 0. The van der Waals surface area contributed by atoms with E-state index in [9.17, 15) is 8.39 Å². The van der Waals surface area contributed by atoms with Gasteiger partial charge in [-0.1, -0.05) is 0 Å². The van der Waals surface area contributed by atoms with Crippen molar-refractivity contribution < 1.29 is 47.2 Å².